The molecule has 1 amide bonds. The van der Waals surface area contributed by atoms with Crippen LogP contribution in [0.25, 0.3) is 16.3 Å². The molecular formula is C15H11BrN2O3S3. The van der Waals surface area contributed by atoms with E-state index < -0.39 is 9.84 Å². The number of sulfone groups is 1. The molecular weight excluding hydrogens is 432 g/mol. The molecule has 124 valence electrons. The van der Waals surface area contributed by atoms with Gasteiger partial charge < -0.3 is 0 Å². The second kappa shape index (κ2) is 6.75. The van der Waals surface area contributed by atoms with Gasteiger partial charge in [-0.2, -0.15) is 0 Å². The standard InChI is InChI=1S/C15H11BrN2O3S3/c1-24(20,21)10-4-5-11-12(8-10)23-15(17-11)18-14(19)7-3-9-2-6-13(16)22-9/h2-8H,1H3,(H,17,18,19)/b7-3+. The van der Waals surface area contributed by atoms with Gasteiger partial charge in [-0.1, -0.05) is 11.3 Å². The molecule has 1 aromatic carbocycles. The molecule has 0 bridgehead atoms. The van der Waals surface area contributed by atoms with Crippen LogP contribution < -0.4 is 5.32 Å². The summed E-state index contributed by atoms with van der Waals surface area (Å²) in [5.74, 6) is -0.290. The van der Waals surface area contributed by atoms with Crippen molar-refractivity contribution in [3.63, 3.8) is 0 Å². The van der Waals surface area contributed by atoms with Crippen molar-refractivity contribution >= 4 is 75.8 Å². The van der Waals surface area contributed by atoms with Crippen LogP contribution in [0.3, 0.4) is 0 Å². The number of amides is 1. The fourth-order valence-electron chi connectivity index (χ4n) is 1.91. The van der Waals surface area contributed by atoms with Crippen molar-refractivity contribution in [1.29, 1.82) is 0 Å². The van der Waals surface area contributed by atoms with Gasteiger partial charge in [0.05, 0.1) is 18.9 Å². The third-order valence-corrected chi connectivity index (χ3v) is 6.64. The molecule has 0 spiro atoms. The van der Waals surface area contributed by atoms with E-state index in [4.69, 9.17) is 0 Å². The van der Waals surface area contributed by atoms with Gasteiger partial charge in [-0.05, 0) is 52.3 Å². The van der Waals surface area contributed by atoms with Crippen molar-refractivity contribution in [3.8, 4) is 0 Å². The fourth-order valence-corrected chi connectivity index (χ4v) is 4.87. The van der Waals surface area contributed by atoms with Gasteiger partial charge >= 0.3 is 0 Å². The Balaban J connectivity index is 1.77. The number of rotatable bonds is 4. The summed E-state index contributed by atoms with van der Waals surface area (Å²) in [6, 6.07) is 8.53. The largest absolute Gasteiger partial charge is 0.298 e. The van der Waals surface area contributed by atoms with E-state index in [1.54, 1.807) is 18.2 Å². The van der Waals surface area contributed by atoms with E-state index in [0.717, 1.165) is 14.9 Å². The lowest BCUT2D eigenvalue weighted by atomic mass is 10.3. The Kier molecular flexibility index (Phi) is 4.86. The normalized spacial score (nSPS) is 12.1. The van der Waals surface area contributed by atoms with Crippen molar-refractivity contribution < 1.29 is 13.2 Å². The van der Waals surface area contributed by atoms with Crippen LogP contribution in [0.5, 0.6) is 0 Å². The predicted octanol–water partition coefficient (Wildman–Crippen LogP) is 4.18. The van der Waals surface area contributed by atoms with Gasteiger partial charge in [-0.3, -0.25) is 10.1 Å². The third kappa shape index (κ3) is 4.10. The maximum Gasteiger partial charge on any atom is 0.250 e. The van der Waals surface area contributed by atoms with Crippen LogP contribution >= 0.6 is 38.6 Å². The Morgan fingerprint density at radius 3 is 2.71 bits per heavy atom. The summed E-state index contributed by atoms with van der Waals surface area (Å²) in [6.45, 7) is 0. The smallest absolute Gasteiger partial charge is 0.250 e. The van der Waals surface area contributed by atoms with Crippen molar-refractivity contribution in [2.45, 2.75) is 4.90 Å². The number of hydrogen-bond acceptors (Lipinski definition) is 6. The van der Waals surface area contributed by atoms with Crippen LogP contribution in [0, 0.1) is 0 Å². The number of carbonyl (C=O) groups is 1. The fraction of sp³-hybridized carbons (Fsp3) is 0.0667. The SMILES string of the molecule is CS(=O)(=O)c1ccc2nc(NC(=O)/C=C/c3ccc(Br)s3)sc2c1. The van der Waals surface area contributed by atoms with E-state index >= 15 is 0 Å². The van der Waals surface area contributed by atoms with Gasteiger partial charge in [-0.15, -0.1) is 11.3 Å². The van der Waals surface area contributed by atoms with E-state index in [1.807, 2.05) is 12.1 Å². The number of thiazole rings is 1. The van der Waals surface area contributed by atoms with E-state index in [1.165, 1.54) is 34.8 Å². The zero-order chi connectivity index (χ0) is 17.3. The molecule has 0 saturated carbocycles. The van der Waals surface area contributed by atoms with Gasteiger partial charge in [-0.25, -0.2) is 13.4 Å². The number of halogens is 1. The van der Waals surface area contributed by atoms with Crippen molar-refractivity contribution in [2.75, 3.05) is 11.6 Å². The van der Waals surface area contributed by atoms with Crippen LogP contribution in [0.2, 0.25) is 0 Å². The lowest BCUT2D eigenvalue weighted by Gasteiger charge is -1.96. The lowest BCUT2D eigenvalue weighted by Crippen LogP contribution is -2.06. The summed E-state index contributed by atoms with van der Waals surface area (Å²) in [6.07, 6.45) is 4.32. The Morgan fingerprint density at radius 2 is 2.04 bits per heavy atom. The molecule has 3 aromatic rings. The number of hydrogen-bond donors (Lipinski definition) is 1. The predicted molar refractivity (Wildman–Crippen MR) is 102 cm³/mol. The second-order valence-corrected chi connectivity index (χ2v) is 10.4. The van der Waals surface area contributed by atoms with E-state index in [2.05, 4.69) is 26.2 Å². The number of thiophene rings is 1. The molecule has 9 heteroatoms. The maximum absolute atomic E-state index is 12.0. The summed E-state index contributed by atoms with van der Waals surface area (Å²) >= 11 is 6.12. The molecule has 0 fully saturated rings. The quantitative estimate of drug-likeness (QED) is 0.614. The van der Waals surface area contributed by atoms with Crippen LogP contribution in [0.1, 0.15) is 4.88 Å². The van der Waals surface area contributed by atoms with Crippen molar-refractivity contribution in [1.82, 2.24) is 4.98 Å². The number of nitrogens with zero attached hydrogens (tertiary/aromatic N) is 1. The van der Waals surface area contributed by atoms with E-state index in [0.29, 0.717) is 15.3 Å². The molecule has 2 aromatic heterocycles. The summed E-state index contributed by atoms with van der Waals surface area (Å²) in [5, 5.41) is 3.12. The van der Waals surface area contributed by atoms with Gasteiger partial charge in [0.2, 0.25) is 5.91 Å². The molecule has 3 rings (SSSR count). The first-order chi connectivity index (χ1) is 11.3. The van der Waals surface area contributed by atoms with Crippen LogP contribution in [-0.2, 0) is 14.6 Å². The summed E-state index contributed by atoms with van der Waals surface area (Å²) < 4.78 is 24.9. The maximum atomic E-state index is 12.0. The highest BCUT2D eigenvalue weighted by atomic mass is 79.9. The number of benzene rings is 1. The Hall–Kier alpha value is -1.55. The summed E-state index contributed by atoms with van der Waals surface area (Å²) in [4.78, 5) is 17.4. The van der Waals surface area contributed by atoms with Gasteiger partial charge in [0, 0.05) is 17.2 Å². The minimum atomic E-state index is -3.27. The first-order valence-electron chi connectivity index (χ1n) is 6.66. The number of aromatic nitrogens is 1. The third-order valence-electron chi connectivity index (χ3n) is 3.01. The molecule has 0 aliphatic rings. The summed E-state index contributed by atoms with van der Waals surface area (Å²) in [5.41, 5.74) is 0.647. The molecule has 2 heterocycles. The minimum absolute atomic E-state index is 0.236. The first kappa shape index (κ1) is 17.3. The molecule has 0 radical (unpaired) electrons. The van der Waals surface area contributed by atoms with E-state index in [-0.39, 0.29) is 10.8 Å². The zero-order valence-electron chi connectivity index (χ0n) is 12.3. The van der Waals surface area contributed by atoms with Crippen molar-refractivity contribution in [3.05, 3.63) is 45.1 Å². The number of anilines is 1. The van der Waals surface area contributed by atoms with Gasteiger partial charge in [0.1, 0.15) is 0 Å². The average Bonchev–Trinajstić information content (AvgIpc) is 3.08. The zero-order valence-corrected chi connectivity index (χ0v) is 16.4. The monoisotopic (exact) mass is 442 g/mol. The Morgan fingerprint density at radius 1 is 1.25 bits per heavy atom. The highest BCUT2D eigenvalue weighted by molar-refractivity contribution is 9.11. The van der Waals surface area contributed by atoms with Crippen molar-refractivity contribution in [2.24, 2.45) is 0 Å². The topological polar surface area (TPSA) is 76.1 Å². The highest BCUT2D eigenvalue weighted by Crippen LogP contribution is 2.28. The molecule has 0 aliphatic carbocycles. The van der Waals surface area contributed by atoms with Gasteiger partial charge in [0.25, 0.3) is 0 Å². The lowest BCUT2D eigenvalue weighted by molar-refractivity contribution is -0.111. The first-order valence-corrected chi connectivity index (χ1v) is 11.0. The average molecular weight is 443 g/mol. The molecule has 5 nitrogen and oxygen atoms in total. The van der Waals surface area contributed by atoms with Crippen LogP contribution in [0.4, 0.5) is 5.13 Å². The molecule has 0 atom stereocenters. The summed E-state index contributed by atoms with van der Waals surface area (Å²) in [7, 11) is -3.27. The second-order valence-electron chi connectivity index (χ2n) is 4.89. The minimum Gasteiger partial charge on any atom is -0.298 e. The Labute approximate surface area is 155 Å². The van der Waals surface area contributed by atoms with E-state index in [9.17, 15) is 13.2 Å². The molecule has 0 saturated heterocycles. The van der Waals surface area contributed by atoms with Crippen LogP contribution in [0.15, 0.2) is 45.1 Å². The molecule has 0 aliphatic heterocycles. The van der Waals surface area contributed by atoms with Crippen LogP contribution in [-0.4, -0.2) is 25.6 Å². The number of fused-ring (bicyclic) bond motifs is 1. The Bertz CT molecular complexity index is 1050. The molecule has 1 N–H and O–H groups in total. The number of nitrogens with one attached hydrogen (secondary N) is 1. The highest BCUT2D eigenvalue weighted by Gasteiger charge is 2.11. The molecule has 0 unspecified atom stereocenters. The number of carbonyl (C=O) groups excluding carboxylic acids is 1. The molecule has 24 heavy (non-hydrogen) atoms. The van der Waals surface area contributed by atoms with Gasteiger partial charge in [0.15, 0.2) is 15.0 Å².